The van der Waals surface area contributed by atoms with Gasteiger partial charge in [0.2, 0.25) is 5.91 Å². The van der Waals surface area contributed by atoms with Gasteiger partial charge in [0, 0.05) is 30.7 Å². The minimum Gasteiger partial charge on any atom is -0.350 e. The number of hydrogen-bond acceptors (Lipinski definition) is 5. The molecule has 3 heterocycles. The number of aryl methyl sites for hydroxylation is 1. The minimum atomic E-state index is -0.160. The molecule has 0 aliphatic rings. The lowest BCUT2D eigenvalue weighted by Crippen LogP contribution is -2.27. The number of pyridine rings is 1. The first-order valence-electron chi connectivity index (χ1n) is 9.04. The monoisotopic (exact) mass is 405 g/mol. The van der Waals surface area contributed by atoms with Crippen molar-refractivity contribution in [2.75, 3.05) is 0 Å². The highest BCUT2D eigenvalue weighted by atomic mass is 32.1. The van der Waals surface area contributed by atoms with E-state index in [2.05, 4.69) is 25.6 Å². The number of carbonyl (C=O) groups is 1. The van der Waals surface area contributed by atoms with Crippen molar-refractivity contribution in [3.8, 4) is 17.2 Å². The first-order chi connectivity index (χ1) is 14.1. The molecule has 29 heavy (non-hydrogen) atoms. The van der Waals surface area contributed by atoms with Crippen LogP contribution in [0.2, 0.25) is 0 Å². The van der Waals surface area contributed by atoms with Gasteiger partial charge < -0.3 is 5.32 Å². The number of nitrogens with one attached hydrogen (secondary N) is 2. The van der Waals surface area contributed by atoms with Crippen LogP contribution in [0.4, 0.5) is 0 Å². The predicted molar refractivity (Wildman–Crippen MR) is 111 cm³/mol. The zero-order valence-corrected chi connectivity index (χ0v) is 16.6. The molecule has 0 saturated carbocycles. The maximum atomic E-state index is 12.5. The van der Waals surface area contributed by atoms with E-state index in [0.29, 0.717) is 17.1 Å². The molecule has 2 N–H and O–H groups in total. The van der Waals surface area contributed by atoms with Gasteiger partial charge in [-0.2, -0.15) is 10.2 Å². The number of carbonyl (C=O) groups excluding carboxylic acids is 1. The van der Waals surface area contributed by atoms with Crippen LogP contribution in [0.5, 0.6) is 0 Å². The lowest BCUT2D eigenvalue weighted by Gasteiger charge is -2.09. The Hall–Kier alpha value is -3.59. The van der Waals surface area contributed by atoms with Crippen molar-refractivity contribution in [3.63, 3.8) is 0 Å². The van der Waals surface area contributed by atoms with E-state index in [4.69, 9.17) is 12.2 Å². The summed E-state index contributed by atoms with van der Waals surface area (Å²) < 4.78 is 3.77. The van der Waals surface area contributed by atoms with Crippen molar-refractivity contribution in [2.24, 2.45) is 0 Å². The van der Waals surface area contributed by atoms with Crippen molar-refractivity contribution < 1.29 is 4.79 Å². The lowest BCUT2D eigenvalue weighted by atomic mass is 10.1. The standard InChI is InChI=1S/C20H19N7OS/c1-14-3-6-16(7-4-14)19-24-25-20(29)26(19)13-18(28)22-12-15-5-8-17(21-11-15)27-10-2-9-23-27/h2-11H,12-13H2,1H3,(H,22,28)(H,25,29). The van der Waals surface area contributed by atoms with Crippen molar-refractivity contribution in [1.29, 1.82) is 0 Å². The van der Waals surface area contributed by atoms with E-state index in [1.165, 1.54) is 0 Å². The summed E-state index contributed by atoms with van der Waals surface area (Å²) in [5, 5.41) is 14.1. The fourth-order valence-corrected chi connectivity index (χ4v) is 3.05. The normalized spacial score (nSPS) is 10.8. The third-order valence-corrected chi connectivity index (χ3v) is 4.72. The van der Waals surface area contributed by atoms with Crippen LogP contribution < -0.4 is 5.32 Å². The maximum absolute atomic E-state index is 12.5. The van der Waals surface area contributed by atoms with Crippen LogP contribution in [0.1, 0.15) is 11.1 Å². The molecular formula is C20H19N7OS. The number of aromatic amines is 1. The summed E-state index contributed by atoms with van der Waals surface area (Å²) in [6, 6.07) is 13.5. The Morgan fingerprint density at radius 2 is 2.03 bits per heavy atom. The second kappa shape index (κ2) is 8.19. The molecule has 146 valence electrons. The smallest absolute Gasteiger partial charge is 0.240 e. The van der Waals surface area contributed by atoms with E-state index in [1.54, 1.807) is 21.6 Å². The Kier molecular flexibility index (Phi) is 5.30. The maximum Gasteiger partial charge on any atom is 0.240 e. The zero-order chi connectivity index (χ0) is 20.2. The van der Waals surface area contributed by atoms with Crippen LogP contribution in [0.15, 0.2) is 61.1 Å². The molecule has 0 bridgehead atoms. The van der Waals surface area contributed by atoms with Gasteiger partial charge in [-0.05, 0) is 36.8 Å². The topological polar surface area (TPSA) is 93.4 Å². The van der Waals surface area contributed by atoms with E-state index in [1.807, 2.05) is 55.6 Å². The first kappa shape index (κ1) is 18.8. The molecule has 0 radical (unpaired) electrons. The van der Waals surface area contributed by atoms with Crippen molar-refractivity contribution in [1.82, 2.24) is 34.8 Å². The summed E-state index contributed by atoms with van der Waals surface area (Å²) in [7, 11) is 0. The molecular weight excluding hydrogens is 386 g/mol. The number of hydrogen-bond donors (Lipinski definition) is 2. The molecule has 0 aliphatic carbocycles. The highest BCUT2D eigenvalue weighted by molar-refractivity contribution is 7.71. The Labute approximate surface area is 172 Å². The third kappa shape index (κ3) is 4.30. The van der Waals surface area contributed by atoms with Gasteiger partial charge in [0.1, 0.15) is 6.54 Å². The lowest BCUT2D eigenvalue weighted by molar-refractivity contribution is -0.121. The molecule has 8 nitrogen and oxygen atoms in total. The molecule has 0 spiro atoms. The van der Waals surface area contributed by atoms with E-state index in [9.17, 15) is 4.79 Å². The van der Waals surface area contributed by atoms with Crippen molar-refractivity contribution in [3.05, 3.63) is 77.0 Å². The first-order valence-corrected chi connectivity index (χ1v) is 9.45. The van der Waals surface area contributed by atoms with E-state index in [0.717, 1.165) is 22.5 Å². The molecule has 3 aromatic heterocycles. The molecule has 0 saturated heterocycles. The average molecular weight is 405 g/mol. The fourth-order valence-electron chi connectivity index (χ4n) is 2.85. The van der Waals surface area contributed by atoms with Crippen LogP contribution in [-0.2, 0) is 17.9 Å². The molecule has 1 amide bonds. The summed E-state index contributed by atoms with van der Waals surface area (Å²) >= 11 is 5.29. The Bertz CT molecular complexity index is 1160. The van der Waals surface area contributed by atoms with Gasteiger partial charge >= 0.3 is 0 Å². The molecule has 0 unspecified atom stereocenters. The molecule has 0 aliphatic heterocycles. The summed E-state index contributed by atoms with van der Waals surface area (Å²) in [5.74, 6) is 1.19. The van der Waals surface area contributed by atoms with E-state index in [-0.39, 0.29) is 12.5 Å². The van der Waals surface area contributed by atoms with Gasteiger partial charge in [-0.15, -0.1) is 0 Å². The van der Waals surface area contributed by atoms with Crippen LogP contribution in [-0.4, -0.2) is 35.4 Å². The number of aromatic nitrogens is 6. The average Bonchev–Trinajstić information content (AvgIpc) is 3.39. The summed E-state index contributed by atoms with van der Waals surface area (Å²) in [6.07, 6.45) is 5.24. The van der Waals surface area contributed by atoms with Gasteiger partial charge in [-0.1, -0.05) is 35.9 Å². The summed E-state index contributed by atoms with van der Waals surface area (Å²) in [5.41, 5.74) is 2.94. The molecule has 0 atom stereocenters. The van der Waals surface area contributed by atoms with Crippen LogP contribution in [0, 0.1) is 11.7 Å². The molecule has 4 aromatic rings. The Balaban J connectivity index is 1.41. The van der Waals surface area contributed by atoms with Gasteiger partial charge in [-0.25, -0.2) is 9.67 Å². The molecule has 0 fully saturated rings. The number of H-pyrrole nitrogens is 1. The third-order valence-electron chi connectivity index (χ3n) is 4.41. The van der Waals surface area contributed by atoms with E-state index >= 15 is 0 Å². The number of rotatable bonds is 6. The van der Waals surface area contributed by atoms with Gasteiger partial charge in [0.05, 0.1) is 0 Å². The number of benzene rings is 1. The van der Waals surface area contributed by atoms with Crippen LogP contribution >= 0.6 is 12.2 Å². The quantitative estimate of drug-likeness (QED) is 0.481. The summed E-state index contributed by atoms with van der Waals surface area (Å²) in [4.78, 5) is 16.8. The summed E-state index contributed by atoms with van der Waals surface area (Å²) in [6.45, 7) is 2.47. The SMILES string of the molecule is Cc1ccc(-c2n[nH]c(=S)n2CC(=O)NCc2ccc(-n3cccn3)nc2)cc1. The largest absolute Gasteiger partial charge is 0.350 e. The molecule has 4 rings (SSSR count). The van der Waals surface area contributed by atoms with Gasteiger partial charge in [-0.3, -0.25) is 14.5 Å². The van der Waals surface area contributed by atoms with Gasteiger partial charge in [0.25, 0.3) is 0 Å². The van der Waals surface area contributed by atoms with Crippen LogP contribution in [0.25, 0.3) is 17.2 Å². The number of amides is 1. The van der Waals surface area contributed by atoms with Gasteiger partial charge in [0.15, 0.2) is 16.4 Å². The van der Waals surface area contributed by atoms with Crippen molar-refractivity contribution >= 4 is 18.1 Å². The van der Waals surface area contributed by atoms with Crippen LogP contribution in [0.3, 0.4) is 0 Å². The second-order valence-electron chi connectivity index (χ2n) is 6.56. The molecule has 9 heteroatoms. The Morgan fingerprint density at radius 3 is 2.72 bits per heavy atom. The predicted octanol–water partition coefficient (Wildman–Crippen LogP) is 2.81. The second-order valence-corrected chi connectivity index (χ2v) is 6.94. The van der Waals surface area contributed by atoms with Crippen molar-refractivity contribution in [2.45, 2.75) is 20.0 Å². The van der Waals surface area contributed by atoms with E-state index < -0.39 is 0 Å². The minimum absolute atomic E-state index is 0.0807. The molecule has 1 aromatic carbocycles. The highest BCUT2D eigenvalue weighted by Crippen LogP contribution is 2.17. The Morgan fingerprint density at radius 1 is 1.21 bits per heavy atom. The number of nitrogens with zero attached hydrogens (tertiary/aromatic N) is 5. The highest BCUT2D eigenvalue weighted by Gasteiger charge is 2.12. The fraction of sp³-hybridized carbons (Fsp3) is 0.150. The zero-order valence-electron chi connectivity index (χ0n) is 15.7.